The highest BCUT2D eigenvalue weighted by Crippen LogP contribution is 2.30. The van der Waals surface area contributed by atoms with Gasteiger partial charge in [-0.05, 0) is 23.9 Å². The third-order valence-electron chi connectivity index (χ3n) is 2.15. The van der Waals surface area contributed by atoms with Crippen LogP contribution < -0.4 is 0 Å². The van der Waals surface area contributed by atoms with Gasteiger partial charge in [0.2, 0.25) is 0 Å². The molecule has 1 aromatic carbocycles. The fourth-order valence-corrected chi connectivity index (χ4v) is 2.14. The molecular weight excluding hydrogens is 270 g/mol. The molecule has 96 valence electrons. The maximum Gasteiger partial charge on any atom is 0.337 e. The lowest BCUT2D eigenvalue weighted by Crippen LogP contribution is -2.01. The topological polar surface area (TPSA) is 106 Å². The van der Waals surface area contributed by atoms with Crippen molar-refractivity contribution in [2.24, 2.45) is 0 Å². The maximum absolute atomic E-state index is 11.1. The van der Waals surface area contributed by atoms with Crippen molar-refractivity contribution in [3.8, 4) is 0 Å². The Morgan fingerprint density at radius 3 is 2.58 bits per heavy atom. The summed E-state index contributed by atoms with van der Waals surface area (Å²) in [6.07, 6.45) is 3.06. The predicted molar refractivity (Wildman–Crippen MR) is 66.2 cm³/mol. The highest BCUT2D eigenvalue weighted by Gasteiger charge is 2.17. The molecular formula is C11H7N3O4S. The Kier molecular flexibility index (Phi) is 3.71. The second-order valence-corrected chi connectivity index (χ2v) is 4.39. The number of non-ortho nitro benzene ring substituents is 1. The van der Waals surface area contributed by atoms with Gasteiger partial charge >= 0.3 is 5.97 Å². The molecule has 2 aromatic rings. The first-order chi connectivity index (χ1) is 9.08. The number of rotatable bonds is 4. The number of nitro benzene ring substituents is 1. The van der Waals surface area contributed by atoms with Gasteiger partial charge in [-0.2, -0.15) is 0 Å². The van der Waals surface area contributed by atoms with Crippen LogP contribution in [0.1, 0.15) is 10.4 Å². The van der Waals surface area contributed by atoms with Gasteiger partial charge in [-0.15, -0.1) is 0 Å². The van der Waals surface area contributed by atoms with Crippen molar-refractivity contribution < 1.29 is 14.8 Å². The molecule has 7 nitrogen and oxygen atoms in total. The molecule has 8 heteroatoms. The molecule has 1 aromatic heterocycles. The maximum atomic E-state index is 11.1. The van der Waals surface area contributed by atoms with E-state index in [1.165, 1.54) is 24.5 Å². The monoisotopic (exact) mass is 277 g/mol. The van der Waals surface area contributed by atoms with Crippen molar-refractivity contribution in [1.29, 1.82) is 0 Å². The summed E-state index contributed by atoms with van der Waals surface area (Å²) in [5.41, 5.74) is -0.414. The third kappa shape index (κ3) is 3.05. The van der Waals surface area contributed by atoms with Crippen LogP contribution in [-0.4, -0.2) is 26.0 Å². The van der Waals surface area contributed by atoms with E-state index >= 15 is 0 Å². The lowest BCUT2D eigenvalue weighted by Gasteiger charge is -2.04. The number of carbonyl (C=O) groups is 1. The van der Waals surface area contributed by atoms with E-state index in [1.807, 2.05) is 0 Å². The largest absolute Gasteiger partial charge is 0.478 e. The summed E-state index contributed by atoms with van der Waals surface area (Å²) >= 11 is 1.04. The first-order valence-corrected chi connectivity index (χ1v) is 5.86. The van der Waals surface area contributed by atoms with Gasteiger partial charge in [0.05, 0.1) is 10.5 Å². The standard InChI is InChI=1S/C11H7N3O4S/c15-10(16)8-6-7(14(17)18)2-3-9(8)19-11-12-4-1-5-13-11/h1-6H,(H,15,16). The van der Waals surface area contributed by atoms with Crippen LogP contribution in [0.3, 0.4) is 0 Å². The van der Waals surface area contributed by atoms with Crippen molar-refractivity contribution in [1.82, 2.24) is 9.97 Å². The fourth-order valence-electron chi connectivity index (χ4n) is 1.32. The number of aromatic nitrogens is 2. The van der Waals surface area contributed by atoms with E-state index in [-0.39, 0.29) is 11.3 Å². The average molecular weight is 277 g/mol. The van der Waals surface area contributed by atoms with E-state index in [2.05, 4.69) is 9.97 Å². The first kappa shape index (κ1) is 13.0. The second kappa shape index (κ2) is 5.44. The summed E-state index contributed by atoms with van der Waals surface area (Å²) in [6, 6.07) is 5.28. The van der Waals surface area contributed by atoms with Gasteiger partial charge in [0.15, 0.2) is 5.16 Å². The third-order valence-corrected chi connectivity index (χ3v) is 3.12. The minimum atomic E-state index is -1.23. The van der Waals surface area contributed by atoms with Crippen molar-refractivity contribution >= 4 is 23.4 Å². The molecule has 0 aliphatic heterocycles. The Hall–Kier alpha value is -2.48. The Bertz CT molecular complexity index is 633. The van der Waals surface area contributed by atoms with Crippen LogP contribution in [0.5, 0.6) is 0 Å². The van der Waals surface area contributed by atoms with Gasteiger partial charge in [-0.3, -0.25) is 10.1 Å². The molecule has 0 atom stereocenters. The molecule has 2 rings (SSSR count). The molecule has 0 unspecified atom stereocenters. The van der Waals surface area contributed by atoms with Crippen molar-refractivity contribution in [2.75, 3.05) is 0 Å². The zero-order valence-electron chi connectivity index (χ0n) is 9.39. The summed E-state index contributed by atoms with van der Waals surface area (Å²) in [6.45, 7) is 0. The number of carboxylic acids is 1. The summed E-state index contributed by atoms with van der Waals surface area (Å²) < 4.78 is 0. The molecule has 0 saturated carbocycles. The zero-order valence-corrected chi connectivity index (χ0v) is 10.2. The van der Waals surface area contributed by atoms with Gasteiger partial charge in [0.1, 0.15) is 0 Å². The molecule has 0 fully saturated rings. The van der Waals surface area contributed by atoms with Crippen LogP contribution in [0.4, 0.5) is 5.69 Å². The molecule has 0 radical (unpaired) electrons. The summed E-state index contributed by atoms with van der Waals surface area (Å²) in [7, 11) is 0. The number of nitro groups is 1. The molecule has 0 aliphatic rings. The van der Waals surface area contributed by atoms with E-state index < -0.39 is 10.9 Å². The SMILES string of the molecule is O=C(O)c1cc([N+](=O)[O-])ccc1Sc1ncccn1. The zero-order chi connectivity index (χ0) is 13.8. The predicted octanol–water partition coefficient (Wildman–Crippen LogP) is 2.23. The van der Waals surface area contributed by atoms with E-state index in [0.717, 1.165) is 17.8 Å². The van der Waals surface area contributed by atoms with Crippen LogP contribution in [0.25, 0.3) is 0 Å². The molecule has 0 bridgehead atoms. The normalized spacial score (nSPS) is 10.1. The van der Waals surface area contributed by atoms with Gasteiger partial charge in [0, 0.05) is 29.4 Å². The van der Waals surface area contributed by atoms with Crippen molar-refractivity contribution in [3.63, 3.8) is 0 Å². The molecule has 0 aliphatic carbocycles. The van der Waals surface area contributed by atoms with Crippen molar-refractivity contribution in [3.05, 3.63) is 52.3 Å². The molecule has 1 heterocycles. The summed E-state index contributed by atoms with van der Waals surface area (Å²) in [5, 5.41) is 20.1. The minimum Gasteiger partial charge on any atom is -0.478 e. The van der Waals surface area contributed by atoms with Gasteiger partial charge < -0.3 is 5.11 Å². The molecule has 0 amide bonds. The Labute approximate surface area is 111 Å². The fraction of sp³-hybridized carbons (Fsp3) is 0. The number of hydrogen-bond acceptors (Lipinski definition) is 6. The lowest BCUT2D eigenvalue weighted by atomic mass is 10.2. The van der Waals surface area contributed by atoms with Gasteiger partial charge in [-0.1, -0.05) is 0 Å². The first-order valence-electron chi connectivity index (χ1n) is 5.04. The lowest BCUT2D eigenvalue weighted by molar-refractivity contribution is -0.384. The smallest absolute Gasteiger partial charge is 0.337 e. The Morgan fingerprint density at radius 1 is 1.32 bits per heavy atom. The Morgan fingerprint density at radius 2 is 2.00 bits per heavy atom. The number of benzene rings is 1. The van der Waals surface area contributed by atoms with Crippen LogP contribution in [0, 0.1) is 10.1 Å². The number of carboxylic acid groups (broad SMARTS) is 1. The second-order valence-electron chi connectivity index (χ2n) is 3.38. The number of nitrogens with zero attached hydrogens (tertiary/aromatic N) is 3. The van der Waals surface area contributed by atoms with E-state index in [0.29, 0.717) is 10.1 Å². The minimum absolute atomic E-state index is 0.147. The summed E-state index contributed by atoms with van der Waals surface area (Å²) in [4.78, 5) is 29.4. The highest BCUT2D eigenvalue weighted by atomic mass is 32.2. The molecule has 1 N–H and O–H groups in total. The number of aromatic carboxylic acids is 1. The number of hydrogen-bond donors (Lipinski definition) is 1. The quantitative estimate of drug-likeness (QED) is 0.518. The van der Waals surface area contributed by atoms with E-state index in [1.54, 1.807) is 6.07 Å². The van der Waals surface area contributed by atoms with Gasteiger partial charge in [-0.25, -0.2) is 14.8 Å². The van der Waals surface area contributed by atoms with E-state index in [9.17, 15) is 14.9 Å². The Balaban J connectivity index is 2.40. The highest BCUT2D eigenvalue weighted by molar-refractivity contribution is 7.99. The van der Waals surface area contributed by atoms with E-state index in [4.69, 9.17) is 5.11 Å². The average Bonchev–Trinajstić information content (AvgIpc) is 2.39. The van der Waals surface area contributed by atoms with Crippen LogP contribution in [-0.2, 0) is 0 Å². The molecule has 0 saturated heterocycles. The van der Waals surface area contributed by atoms with Gasteiger partial charge in [0.25, 0.3) is 5.69 Å². The summed E-state index contributed by atoms with van der Waals surface area (Å²) in [5.74, 6) is -1.23. The van der Waals surface area contributed by atoms with Crippen LogP contribution in [0.2, 0.25) is 0 Å². The molecule has 19 heavy (non-hydrogen) atoms. The van der Waals surface area contributed by atoms with Crippen LogP contribution >= 0.6 is 11.8 Å². The van der Waals surface area contributed by atoms with Crippen molar-refractivity contribution in [2.45, 2.75) is 10.1 Å². The molecule has 0 spiro atoms. The van der Waals surface area contributed by atoms with Crippen LogP contribution in [0.15, 0.2) is 46.7 Å².